The minimum atomic E-state index is 0.342. The Morgan fingerprint density at radius 3 is 2.54 bits per heavy atom. The second-order valence-corrected chi connectivity index (χ2v) is 5.34. The zero-order valence-electron chi connectivity index (χ0n) is 8.88. The van der Waals surface area contributed by atoms with Crippen LogP contribution in [0.2, 0.25) is 0 Å². The molecule has 0 amide bonds. The van der Waals surface area contributed by atoms with Crippen molar-refractivity contribution in [2.75, 3.05) is 6.61 Å². The number of aliphatic hydroxyl groups excluding tert-OH is 1. The molecule has 13 heavy (non-hydrogen) atoms. The average molecular weight is 180 g/mol. The van der Waals surface area contributed by atoms with Crippen LogP contribution in [0.15, 0.2) is 12.2 Å². The van der Waals surface area contributed by atoms with Gasteiger partial charge in [-0.05, 0) is 35.5 Å². The van der Waals surface area contributed by atoms with Gasteiger partial charge < -0.3 is 5.11 Å². The van der Waals surface area contributed by atoms with E-state index in [0.29, 0.717) is 23.4 Å². The molecule has 0 aromatic rings. The lowest BCUT2D eigenvalue weighted by Crippen LogP contribution is -2.59. The number of rotatable bonds is 2. The zero-order chi connectivity index (χ0) is 9.69. The molecule has 74 valence electrons. The maximum atomic E-state index is 9.13. The first kappa shape index (κ1) is 9.26. The molecule has 3 unspecified atom stereocenters. The minimum absolute atomic E-state index is 0.342. The fourth-order valence-corrected chi connectivity index (χ4v) is 3.57. The summed E-state index contributed by atoms with van der Waals surface area (Å²) in [6.45, 7) is 7.35. The van der Waals surface area contributed by atoms with E-state index in [1.807, 2.05) is 0 Å². The van der Waals surface area contributed by atoms with E-state index < -0.39 is 0 Å². The van der Waals surface area contributed by atoms with Crippen LogP contribution in [0, 0.1) is 22.7 Å². The Labute approximate surface area is 80.8 Å². The fraction of sp³-hybridized carbons (Fsp3) is 0.833. The second-order valence-electron chi connectivity index (χ2n) is 5.34. The molecular formula is C12H20O. The van der Waals surface area contributed by atoms with Crippen molar-refractivity contribution in [3.63, 3.8) is 0 Å². The lowest BCUT2D eigenvalue weighted by molar-refractivity contribution is -0.146. The number of fused-ring (bicyclic) bond motifs is 1. The van der Waals surface area contributed by atoms with E-state index in [0.717, 1.165) is 12.3 Å². The molecule has 0 aromatic carbocycles. The van der Waals surface area contributed by atoms with E-state index >= 15 is 0 Å². The van der Waals surface area contributed by atoms with Gasteiger partial charge in [-0.1, -0.05) is 32.9 Å². The number of allylic oxidation sites excluding steroid dienone is 2. The van der Waals surface area contributed by atoms with Gasteiger partial charge >= 0.3 is 0 Å². The summed E-state index contributed by atoms with van der Waals surface area (Å²) in [5, 5.41) is 9.13. The van der Waals surface area contributed by atoms with Crippen LogP contribution in [0.25, 0.3) is 0 Å². The van der Waals surface area contributed by atoms with Gasteiger partial charge in [-0.25, -0.2) is 0 Å². The first-order chi connectivity index (χ1) is 6.04. The van der Waals surface area contributed by atoms with Crippen LogP contribution in [0.1, 0.15) is 33.6 Å². The fourth-order valence-electron chi connectivity index (χ4n) is 3.57. The van der Waals surface area contributed by atoms with Crippen molar-refractivity contribution in [3.8, 4) is 0 Å². The first-order valence-electron chi connectivity index (χ1n) is 5.34. The zero-order valence-corrected chi connectivity index (χ0v) is 8.88. The monoisotopic (exact) mass is 180 g/mol. The van der Waals surface area contributed by atoms with Gasteiger partial charge in [0.15, 0.2) is 0 Å². The molecule has 0 saturated heterocycles. The number of aliphatic hydroxyl groups is 1. The summed E-state index contributed by atoms with van der Waals surface area (Å²) in [4.78, 5) is 0. The Hall–Kier alpha value is -0.300. The smallest absolute Gasteiger partial charge is 0.0436 e. The Kier molecular flexibility index (Phi) is 1.85. The molecule has 2 bridgehead atoms. The summed E-state index contributed by atoms with van der Waals surface area (Å²) in [5.41, 5.74) is 0.797. The molecule has 0 aliphatic heterocycles. The number of hydrogen-bond donors (Lipinski definition) is 1. The van der Waals surface area contributed by atoms with E-state index in [1.165, 1.54) is 6.42 Å². The maximum Gasteiger partial charge on any atom is 0.0436 e. The van der Waals surface area contributed by atoms with Crippen LogP contribution in [0.4, 0.5) is 0 Å². The largest absolute Gasteiger partial charge is 0.396 e. The Morgan fingerprint density at radius 2 is 2.08 bits per heavy atom. The Morgan fingerprint density at radius 1 is 1.38 bits per heavy atom. The Balaban J connectivity index is 2.31. The maximum absolute atomic E-state index is 9.13. The highest BCUT2D eigenvalue weighted by Gasteiger charge is 2.61. The molecule has 1 nitrogen and oxygen atoms in total. The summed E-state index contributed by atoms with van der Waals surface area (Å²) < 4.78 is 0. The molecule has 3 rings (SSSR count). The molecule has 1 fully saturated rings. The SMILES string of the molecule is CC1C=CC2CC1(CCO)C2(C)C. The Bertz CT molecular complexity index is 242. The molecule has 1 saturated carbocycles. The summed E-state index contributed by atoms with van der Waals surface area (Å²) in [6, 6.07) is 0. The van der Waals surface area contributed by atoms with Gasteiger partial charge in [-0.3, -0.25) is 0 Å². The molecule has 3 aliphatic rings. The van der Waals surface area contributed by atoms with Crippen LogP contribution in [0.3, 0.4) is 0 Å². The van der Waals surface area contributed by atoms with E-state index in [4.69, 9.17) is 5.11 Å². The number of hydrogen-bond acceptors (Lipinski definition) is 1. The third-order valence-electron chi connectivity index (χ3n) is 4.86. The van der Waals surface area contributed by atoms with Gasteiger partial charge in [-0.15, -0.1) is 0 Å². The topological polar surface area (TPSA) is 20.2 Å². The van der Waals surface area contributed by atoms with E-state index in [9.17, 15) is 0 Å². The summed E-state index contributed by atoms with van der Waals surface area (Å²) in [7, 11) is 0. The molecule has 0 spiro atoms. The predicted molar refractivity (Wildman–Crippen MR) is 54.3 cm³/mol. The molecule has 3 atom stereocenters. The van der Waals surface area contributed by atoms with Gasteiger partial charge in [0.1, 0.15) is 0 Å². The van der Waals surface area contributed by atoms with Gasteiger partial charge in [0.2, 0.25) is 0 Å². The third-order valence-corrected chi connectivity index (χ3v) is 4.86. The second kappa shape index (κ2) is 2.60. The lowest BCUT2D eigenvalue weighted by atomic mass is 9.38. The normalized spacial score (nSPS) is 45.8. The van der Waals surface area contributed by atoms with Crippen molar-refractivity contribution in [2.24, 2.45) is 22.7 Å². The molecular weight excluding hydrogens is 160 g/mol. The average Bonchev–Trinajstić information content (AvgIpc) is 2.08. The van der Waals surface area contributed by atoms with Gasteiger partial charge in [0.05, 0.1) is 0 Å². The standard InChI is InChI=1S/C12H20O/c1-9-4-5-10-8-12(9,6-7-13)11(10,2)3/h4-5,9-10,13H,6-8H2,1-3H3. The summed E-state index contributed by atoms with van der Waals surface area (Å²) >= 11 is 0. The predicted octanol–water partition coefficient (Wildman–Crippen LogP) is 2.61. The molecule has 0 heterocycles. The van der Waals surface area contributed by atoms with Crippen molar-refractivity contribution in [2.45, 2.75) is 33.6 Å². The molecule has 0 aromatic heterocycles. The van der Waals surface area contributed by atoms with Gasteiger partial charge in [0, 0.05) is 6.61 Å². The summed E-state index contributed by atoms with van der Waals surface area (Å²) in [5.74, 6) is 1.40. The van der Waals surface area contributed by atoms with Crippen molar-refractivity contribution >= 4 is 0 Å². The van der Waals surface area contributed by atoms with Crippen molar-refractivity contribution in [1.82, 2.24) is 0 Å². The van der Waals surface area contributed by atoms with E-state index in [2.05, 4.69) is 32.9 Å². The highest BCUT2D eigenvalue weighted by molar-refractivity contribution is 5.23. The minimum Gasteiger partial charge on any atom is -0.396 e. The first-order valence-corrected chi connectivity index (χ1v) is 5.34. The van der Waals surface area contributed by atoms with E-state index in [1.54, 1.807) is 0 Å². The quantitative estimate of drug-likeness (QED) is 0.648. The van der Waals surface area contributed by atoms with Crippen molar-refractivity contribution < 1.29 is 5.11 Å². The highest BCUT2D eigenvalue weighted by Crippen LogP contribution is 2.68. The van der Waals surface area contributed by atoms with Crippen molar-refractivity contribution in [1.29, 1.82) is 0 Å². The van der Waals surface area contributed by atoms with Crippen LogP contribution < -0.4 is 0 Å². The van der Waals surface area contributed by atoms with Gasteiger partial charge in [0.25, 0.3) is 0 Å². The van der Waals surface area contributed by atoms with Crippen LogP contribution in [0.5, 0.6) is 0 Å². The highest BCUT2D eigenvalue weighted by atomic mass is 16.3. The van der Waals surface area contributed by atoms with Crippen molar-refractivity contribution in [3.05, 3.63) is 12.2 Å². The van der Waals surface area contributed by atoms with Gasteiger partial charge in [-0.2, -0.15) is 0 Å². The lowest BCUT2D eigenvalue weighted by Gasteiger charge is -2.66. The molecule has 0 radical (unpaired) electrons. The molecule has 1 heteroatoms. The summed E-state index contributed by atoms with van der Waals surface area (Å²) in [6.07, 6.45) is 6.99. The van der Waals surface area contributed by atoms with Crippen LogP contribution in [-0.4, -0.2) is 11.7 Å². The third kappa shape index (κ3) is 0.914. The van der Waals surface area contributed by atoms with Crippen LogP contribution >= 0.6 is 0 Å². The molecule has 3 aliphatic carbocycles. The van der Waals surface area contributed by atoms with E-state index in [-0.39, 0.29) is 0 Å². The molecule has 1 N–H and O–H groups in total. The van der Waals surface area contributed by atoms with Crippen LogP contribution in [-0.2, 0) is 0 Å².